The Morgan fingerprint density at radius 2 is 1.44 bits per heavy atom. The minimum Gasteiger partial charge on any atom is -0.506 e. The lowest BCUT2D eigenvalue weighted by molar-refractivity contribution is -0.116. The van der Waals surface area contributed by atoms with E-state index in [1.165, 1.54) is 82.8 Å². The fourth-order valence-electron chi connectivity index (χ4n) is 5.18. The average molecular weight is 634 g/mol. The second-order valence-electron chi connectivity index (χ2n) is 11.4. The summed E-state index contributed by atoms with van der Waals surface area (Å²) in [5.74, 6) is -0.789. The van der Waals surface area contributed by atoms with Gasteiger partial charge in [-0.2, -0.15) is 4.98 Å². The molecule has 4 aromatic rings. The molecule has 2 amide bonds. The number of hydrogen-bond donors (Lipinski definition) is 3. The van der Waals surface area contributed by atoms with E-state index < -0.39 is 5.91 Å². The van der Waals surface area contributed by atoms with Gasteiger partial charge in [-0.05, 0) is 42.8 Å². The number of carbonyl (C=O) groups excluding carboxylic acids is 2. The van der Waals surface area contributed by atoms with Crippen LogP contribution in [0.5, 0.6) is 17.6 Å². The molecule has 3 N–H and O–H groups in total. The number of fused-ring (bicyclic) bond motifs is 1. The minimum atomic E-state index is -0.553. The second-order valence-corrected chi connectivity index (χ2v) is 11.8. The smallest absolute Gasteiger partial charge is 0.400 e. The molecule has 0 spiro atoms. The van der Waals surface area contributed by atoms with Crippen LogP contribution >= 0.6 is 11.6 Å². The van der Waals surface area contributed by atoms with Gasteiger partial charge in [0.05, 0.1) is 10.6 Å². The van der Waals surface area contributed by atoms with Gasteiger partial charge < -0.3 is 24.9 Å². The third kappa shape index (κ3) is 11.1. The summed E-state index contributed by atoms with van der Waals surface area (Å²) in [4.78, 5) is 29.7. The van der Waals surface area contributed by atoms with Crippen LogP contribution in [-0.4, -0.2) is 21.9 Å². The van der Waals surface area contributed by atoms with E-state index in [0.29, 0.717) is 28.9 Å². The lowest BCUT2D eigenvalue weighted by Gasteiger charge is -2.10. The normalized spacial score (nSPS) is 11.1. The number of halogens is 1. The number of amides is 2. The number of phenolic OH excluding ortho intramolecular Hbond substituents is 1. The molecule has 0 fully saturated rings. The van der Waals surface area contributed by atoms with Gasteiger partial charge in [-0.25, -0.2) is 0 Å². The maximum Gasteiger partial charge on any atom is 0.400 e. The number of phenols is 1. The zero-order valence-corrected chi connectivity index (χ0v) is 26.8. The van der Waals surface area contributed by atoms with Gasteiger partial charge in [-0.15, -0.1) is 0 Å². The number of ether oxygens (including phenoxy) is 1. The Morgan fingerprint density at radius 1 is 0.800 bits per heavy atom. The number of oxazole rings is 1. The van der Waals surface area contributed by atoms with E-state index in [4.69, 9.17) is 20.8 Å². The van der Waals surface area contributed by atoms with Crippen LogP contribution in [0.25, 0.3) is 11.1 Å². The lowest BCUT2D eigenvalue weighted by atomic mass is 10.0. The van der Waals surface area contributed by atoms with Gasteiger partial charge in [-0.1, -0.05) is 114 Å². The predicted octanol–water partition coefficient (Wildman–Crippen LogP) is 10.7. The Hall–Kier alpha value is -4.04. The van der Waals surface area contributed by atoms with Gasteiger partial charge >= 0.3 is 6.08 Å². The number of hydrogen-bond acceptors (Lipinski definition) is 6. The number of rotatable bonds is 19. The van der Waals surface area contributed by atoms with E-state index in [1.54, 1.807) is 42.5 Å². The Bertz CT molecular complexity index is 1520. The molecule has 3 aromatic carbocycles. The minimum absolute atomic E-state index is 0.0302. The largest absolute Gasteiger partial charge is 0.506 e. The molecule has 0 aliphatic heterocycles. The lowest BCUT2D eigenvalue weighted by Crippen LogP contribution is -2.12. The monoisotopic (exact) mass is 633 g/mol. The molecular formula is C36H44ClN3O5. The Kier molecular flexibility index (Phi) is 13.6. The molecule has 240 valence electrons. The number of carbonyl (C=O) groups is 2. The maximum atomic E-state index is 12.8. The molecule has 0 aliphatic carbocycles. The fraction of sp³-hybridized carbons (Fsp3) is 0.417. The van der Waals surface area contributed by atoms with Crippen molar-refractivity contribution in [2.45, 2.75) is 96.8 Å². The quantitative estimate of drug-likeness (QED) is 0.0885. The number of anilines is 2. The number of aromatic hydroxyl groups is 1. The first-order valence-corrected chi connectivity index (χ1v) is 16.6. The van der Waals surface area contributed by atoms with Crippen LogP contribution in [0.4, 0.5) is 11.4 Å². The summed E-state index contributed by atoms with van der Waals surface area (Å²) in [6.07, 6.45) is 16.9. The van der Waals surface area contributed by atoms with Crippen molar-refractivity contribution in [3.8, 4) is 17.6 Å². The summed E-state index contributed by atoms with van der Waals surface area (Å²) in [6, 6.07) is 16.8. The Labute approximate surface area is 270 Å². The van der Waals surface area contributed by atoms with Gasteiger partial charge in [0.2, 0.25) is 5.91 Å². The highest BCUT2D eigenvalue weighted by molar-refractivity contribution is 6.33. The summed E-state index contributed by atoms with van der Waals surface area (Å²) >= 11 is 6.18. The number of aromatic nitrogens is 1. The van der Waals surface area contributed by atoms with Crippen molar-refractivity contribution in [2.24, 2.45) is 0 Å². The topological polar surface area (TPSA) is 114 Å². The highest BCUT2D eigenvalue weighted by atomic mass is 35.5. The number of nitrogens with one attached hydrogen (secondary N) is 2. The van der Waals surface area contributed by atoms with E-state index in [-0.39, 0.29) is 34.1 Å². The number of para-hydroxylation sites is 1. The Morgan fingerprint density at radius 3 is 2.11 bits per heavy atom. The molecule has 45 heavy (non-hydrogen) atoms. The molecule has 4 rings (SSSR count). The predicted molar refractivity (Wildman–Crippen MR) is 181 cm³/mol. The fourth-order valence-corrected chi connectivity index (χ4v) is 5.39. The van der Waals surface area contributed by atoms with Crippen molar-refractivity contribution in [3.63, 3.8) is 0 Å². The summed E-state index contributed by atoms with van der Waals surface area (Å²) in [5, 5.41) is 16.0. The highest BCUT2D eigenvalue weighted by Crippen LogP contribution is 2.35. The zero-order chi connectivity index (χ0) is 31.9. The van der Waals surface area contributed by atoms with Crippen LogP contribution in [0, 0.1) is 0 Å². The van der Waals surface area contributed by atoms with Gasteiger partial charge in [0.15, 0.2) is 5.58 Å². The number of nitrogens with zero attached hydrogens (tertiary/aromatic N) is 1. The molecule has 1 aromatic heterocycles. The number of benzene rings is 3. The van der Waals surface area contributed by atoms with Crippen LogP contribution < -0.4 is 15.4 Å². The van der Waals surface area contributed by atoms with Gasteiger partial charge in [0.1, 0.15) is 17.0 Å². The molecule has 0 bridgehead atoms. The molecule has 0 atom stereocenters. The first-order valence-electron chi connectivity index (χ1n) is 16.2. The molecule has 0 saturated carbocycles. The zero-order valence-electron chi connectivity index (χ0n) is 26.1. The van der Waals surface area contributed by atoms with Gasteiger partial charge in [-0.3, -0.25) is 9.59 Å². The van der Waals surface area contributed by atoms with Crippen LogP contribution in [-0.2, 0) is 4.79 Å². The van der Waals surface area contributed by atoms with Crippen molar-refractivity contribution in [1.82, 2.24) is 4.98 Å². The first-order chi connectivity index (χ1) is 21.9. The SMILES string of the molecule is CCCCCCCCCCCCCCCC(=O)Nc1ccc2oc(Oc3cc(Cl)c(O)c(C(=O)Nc4ccccc4)c3)nc2c1. The molecule has 0 aliphatic rings. The third-order valence-corrected chi connectivity index (χ3v) is 7.97. The first kappa shape index (κ1) is 33.8. The van der Waals surface area contributed by atoms with Crippen LogP contribution in [0.15, 0.2) is 65.1 Å². The van der Waals surface area contributed by atoms with Crippen molar-refractivity contribution in [1.29, 1.82) is 0 Å². The third-order valence-electron chi connectivity index (χ3n) is 7.68. The van der Waals surface area contributed by atoms with Crippen molar-refractivity contribution < 1.29 is 23.8 Å². The standard InChI is InChI=1S/C36H44ClN3O5/c1-2-3-4-5-6-7-8-9-10-11-12-13-17-20-33(41)38-27-21-22-32-31(23-27)40-36(45-32)44-28-24-29(34(42)30(37)25-28)35(43)39-26-18-15-14-16-19-26/h14-16,18-19,21-25,42H,2-13,17,20H2,1H3,(H,38,41)(H,39,43). The highest BCUT2D eigenvalue weighted by Gasteiger charge is 2.18. The van der Waals surface area contributed by atoms with E-state index in [9.17, 15) is 14.7 Å². The van der Waals surface area contributed by atoms with Crippen molar-refractivity contribution >= 4 is 45.9 Å². The van der Waals surface area contributed by atoms with E-state index in [1.807, 2.05) is 6.07 Å². The summed E-state index contributed by atoms with van der Waals surface area (Å²) in [6.45, 7) is 2.26. The van der Waals surface area contributed by atoms with Crippen LogP contribution in [0.3, 0.4) is 0 Å². The van der Waals surface area contributed by atoms with E-state index in [0.717, 1.165) is 12.8 Å². The molecule has 1 heterocycles. The van der Waals surface area contributed by atoms with Crippen molar-refractivity contribution in [3.05, 3.63) is 71.2 Å². The number of unbranched alkanes of at least 4 members (excludes halogenated alkanes) is 12. The van der Waals surface area contributed by atoms with Crippen LogP contribution in [0.2, 0.25) is 5.02 Å². The molecule has 8 nitrogen and oxygen atoms in total. The summed E-state index contributed by atoms with van der Waals surface area (Å²) in [7, 11) is 0. The van der Waals surface area contributed by atoms with E-state index >= 15 is 0 Å². The molecule has 0 unspecified atom stereocenters. The van der Waals surface area contributed by atoms with E-state index in [2.05, 4.69) is 22.5 Å². The Balaban J connectivity index is 1.20. The average Bonchev–Trinajstić information content (AvgIpc) is 3.43. The summed E-state index contributed by atoms with van der Waals surface area (Å²) < 4.78 is 11.4. The molecule has 0 radical (unpaired) electrons. The van der Waals surface area contributed by atoms with Gasteiger partial charge in [0.25, 0.3) is 5.91 Å². The summed E-state index contributed by atoms with van der Waals surface area (Å²) in [5.41, 5.74) is 2.08. The second kappa shape index (κ2) is 18.1. The molecule has 9 heteroatoms. The van der Waals surface area contributed by atoms with Crippen molar-refractivity contribution in [2.75, 3.05) is 10.6 Å². The molecule has 0 saturated heterocycles. The molecular weight excluding hydrogens is 590 g/mol. The maximum absolute atomic E-state index is 12.8. The van der Waals surface area contributed by atoms with Crippen LogP contribution in [0.1, 0.15) is 107 Å². The van der Waals surface area contributed by atoms with Gasteiger partial charge in [0, 0.05) is 23.9 Å².